The maximum atomic E-state index is 5.53. The van der Waals surface area contributed by atoms with Gasteiger partial charge < -0.3 is 10.2 Å². The van der Waals surface area contributed by atoms with Crippen molar-refractivity contribution in [2.75, 3.05) is 31.5 Å². The number of anilines is 1. The predicted octanol–water partition coefficient (Wildman–Crippen LogP) is 2.15. The SMILES string of the molecule is S=C(Nc1ccccc1)N1CCCN2CCCN=C21. The largest absolute Gasteiger partial charge is 0.342 e. The Labute approximate surface area is 119 Å². The maximum absolute atomic E-state index is 5.53. The molecule has 3 rings (SSSR count). The topological polar surface area (TPSA) is 30.9 Å². The lowest BCUT2D eigenvalue weighted by atomic mass is 10.2. The first-order chi connectivity index (χ1) is 9.34. The summed E-state index contributed by atoms with van der Waals surface area (Å²) < 4.78 is 0. The summed E-state index contributed by atoms with van der Waals surface area (Å²) in [5.41, 5.74) is 1.03. The fraction of sp³-hybridized carbons (Fsp3) is 0.429. The van der Waals surface area contributed by atoms with E-state index in [2.05, 4.69) is 20.1 Å². The van der Waals surface area contributed by atoms with E-state index in [-0.39, 0.29) is 0 Å². The van der Waals surface area contributed by atoms with Crippen molar-refractivity contribution in [1.29, 1.82) is 0 Å². The summed E-state index contributed by atoms with van der Waals surface area (Å²) in [6.07, 6.45) is 2.28. The molecule has 0 radical (unpaired) electrons. The van der Waals surface area contributed by atoms with Gasteiger partial charge in [-0.25, -0.2) is 0 Å². The standard InChI is InChI=1S/C14H18N4S/c19-14(16-12-6-2-1-3-7-12)18-11-5-10-17-9-4-8-15-13(17)18/h1-3,6-7H,4-5,8-11H2,(H,16,19). The molecule has 0 unspecified atom stereocenters. The molecule has 2 aliphatic heterocycles. The third kappa shape index (κ3) is 2.71. The zero-order valence-electron chi connectivity index (χ0n) is 10.9. The van der Waals surface area contributed by atoms with Gasteiger partial charge in [0.15, 0.2) is 5.11 Å². The normalized spacial score (nSPS) is 18.6. The molecular formula is C14H18N4S. The van der Waals surface area contributed by atoms with Crippen LogP contribution in [0.2, 0.25) is 0 Å². The highest BCUT2D eigenvalue weighted by Gasteiger charge is 2.27. The molecule has 1 aromatic carbocycles. The molecule has 4 nitrogen and oxygen atoms in total. The van der Waals surface area contributed by atoms with Gasteiger partial charge in [-0.3, -0.25) is 9.89 Å². The molecule has 0 spiro atoms. The van der Waals surface area contributed by atoms with E-state index in [0.29, 0.717) is 0 Å². The Morgan fingerprint density at radius 1 is 1.11 bits per heavy atom. The van der Waals surface area contributed by atoms with E-state index in [0.717, 1.165) is 55.8 Å². The predicted molar refractivity (Wildman–Crippen MR) is 82.5 cm³/mol. The van der Waals surface area contributed by atoms with Crippen LogP contribution >= 0.6 is 12.2 Å². The molecule has 1 N–H and O–H groups in total. The van der Waals surface area contributed by atoms with E-state index in [1.165, 1.54) is 0 Å². The van der Waals surface area contributed by atoms with Crippen LogP contribution in [0.15, 0.2) is 35.3 Å². The van der Waals surface area contributed by atoms with Crippen molar-refractivity contribution in [2.45, 2.75) is 12.8 Å². The number of nitrogens with zero attached hydrogens (tertiary/aromatic N) is 3. The van der Waals surface area contributed by atoms with Crippen molar-refractivity contribution in [2.24, 2.45) is 4.99 Å². The number of hydrogen-bond acceptors (Lipinski definition) is 3. The molecule has 0 saturated carbocycles. The van der Waals surface area contributed by atoms with Crippen molar-refractivity contribution in [3.8, 4) is 0 Å². The minimum Gasteiger partial charge on any atom is -0.342 e. The molecule has 1 saturated heterocycles. The smallest absolute Gasteiger partial charge is 0.202 e. The van der Waals surface area contributed by atoms with Gasteiger partial charge in [0, 0.05) is 31.9 Å². The zero-order chi connectivity index (χ0) is 13.1. The summed E-state index contributed by atoms with van der Waals surface area (Å²) in [4.78, 5) is 9.11. The van der Waals surface area contributed by atoms with Crippen LogP contribution in [0.3, 0.4) is 0 Å². The lowest BCUT2D eigenvalue weighted by Crippen LogP contribution is -2.55. The minimum absolute atomic E-state index is 0.747. The first-order valence-electron chi connectivity index (χ1n) is 6.77. The summed E-state index contributed by atoms with van der Waals surface area (Å²) in [5.74, 6) is 1.05. The highest BCUT2D eigenvalue weighted by Crippen LogP contribution is 2.16. The molecule has 0 atom stereocenters. The minimum atomic E-state index is 0.747. The van der Waals surface area contributed by atoms with E-state index in [1.54, 1.807) is 0 Å². The zero-order valence-corrected chi connectivity index (χ0v) is 11.7. The Bertz CT molecular complexity index is 485. The van der Waals surface area contributed by atoms with Crippen LogP contribution in [0, 0.1) is 0 Å². The number of thiocarbonyl (C=S) groups is 1. The number of hydrogen-bond donors (Lipinski definition) is 1. The van der Waals surface area contributed by atoms with E-state index in [4.69, 9.17) is 12.2 Å². The van der Waals surface area contributed by atoms with Crippen molar-refractivity contribution < 1.29 is 0 Å². The fourth-order valence-corrected chi connectivity index (χ4v) is 2.82. The first kappa shape index (κ1) is 12.4. The van der Waals surface area contributed by atoms with E-state index < -0.39 is 0 Å². The van der Waals surface area contributed by atoms with E-state index in [9.17, 15) is 0 Å². The monoisotopic (exact) mass is 274 g/mol. The van der Waals surface area contributed by atoms with E-state index >= 15 is 0 Å². The number of nitrogens with one attached hydrogen (secondary N) is 1. The van der Waals surface area contributed by atoms with Gasteiger partial charge in [0.05, 0.1) is 0 Å². The van der Waals surface area contributed by atoms with Gasteiger partial charge in [0.2, 0.25) is 5.96 Å². The molecular weight excluding hydrogens is 256 g/mol. The summed E-state index contributed by atoms with van der Waals surface area (Å²) in [7, 11) is 0. The molecule has 0 bridgehead atoms. The quantitative estimate of drug-likeness (QED) is 0.795. The number of benzene rings is 1. The van der Waals surface area contributed by atoms with Gasteiger partial charge in [0.1, 0.15) is 0 Å². The van der Waals surface area contributed by atoms with Crippen LogP contribution in [0.1, 0.15) is 12.8 Å². The Morgan fingerprint density at radius 3 is 2.74 bits per heavy atom. The van der Waals surface area contributed by atoms with Crippen molar-refractivity contribution in [1.82, 2.24) is 9.80 Å². The number of fused-ring (bicyclic) bond motifs is 1. The average Bonchev–Trinajstić information content (AvgIpc) is 2.47. The molecule has 1 aromatic rings. The van der Waals surface area contributed by atoms with Crippen molar-refractivity contribution >= 4 is 29.0 Å². The molecule has 100 valence electrons. The second-order valence-electron chi connectivity index (χ2n) is 4.82. The number of aliphatic imine (C=N–C) groups is 1. The molecule has 0 aromatic heterocycles. The van der Waals surface area contributed by atoms with Crippen LogP contribution in [-0.2, 0) is 0 Å². The summed E-state index contributed by atoms with van der Waals surface area (Å²) in [6, 6.07) is 10.1. The first-order valence-corrected chi connectivity index (χ1v) is 7.18. The molecule has 1 fully saturated rings. The second-order valence-corrected chi connectivity index (χ2v) is 5.21. The molecule has 19 heavy (non-hydrogen) atoms. The van der Waals surface area contributed by atoms with Crippen LogP contribution < -0.4 is 5.32 Å². The molecule has 0 aliphatic carbocycles. The summed E-state index contributed by atoms with van der Waals surface area (Å²) >= 11 is 5.53. The van der Waals surface area contributed by atoms with Gasteiger partial charge in [-0.2, -0.15) is 0 Å². The molecule has 5 heteroatoms. The van der Waals surface area contributed by atoms with Crippen molar-refractivity contribution in [3.63, 3.8) is 0 Å². The summed E-state index contributed by atoms with van der Waals surface area (Å²) in [6.45, 7) is 4.07. The third-order valence-corrected chi connectivity index (χ3v) is 3.77. The highest BCUT2D eigenvalue weighted by atomic mass is 32.1. The second kappa shape index (κ2) is 5.57. The van der Waals surface area contributed by atoms with Crippen molar-refractivity contribution in [3.05, 3.63) is 30.3 Å². The number of para-hydroxylation sites is 1. The van der Waals surface area contributed by atoms with Gasteiger partial charge in [-0.05, 0) is 37.2 Å². The third-order valence-electron chi connectivity index (χ3n) is 3.44. The van der Waals surface area contributed by atoms with Gasteiger partial charge in [-0.15, -0.1) is 0 Å². The van der Waals surface area contributed by atoms with Gasteiger partial charge in [0.25, 0.3) is 0 Å². The maximum Gasteiger partial charge on any atom is 0.202 e. The average molecular weight is 274 g/mol. The Kier molecular flexibility index (Phi) is 3.64. The van der Waals surface area contributed by atoms with Crippen LogP contribution in [0.5, 0.6) is 0 Å². The number of rotatable bonds is 1. The molecule has 0 amide bonds. The lowest BCUT2D eigenvalue weighted by molar-refractivity contribution is 0.297. The Hall–Kier alpha value is -1.62. The van der Waals surface area contributed by atoms with Crippen LogP contribution in [0.4, 0.5) is 5.69 Å². The van der Waals surface area contributed by atoms with Crippen LogP contribution in [-0.4, -0.2) is 47.1 Å². The highest BCUT2D eigenvalue weighted by molar-refractivity contribution is 7.80. The van der Waals surface area contributed by atoms with Crippen LogP contribution in [0.25, 0.3) is 0 Å². The Morgan fingerprint density at radius 2 is 1.89 bits per heavy atom. The lowest BCUT2D eigenvalue weighted by Gasteiger charge is -2.41. The molecule has 2 heterocycles. The van der Waals surface area contributed by atoms with Gasteiger partial charge >= 0.3 is 0 Å². The van der Waals surface area contributed by atoms with E-state index in [1.807, 2.05) is 30.3 Å². The fourth-order valence-electron chi connectivity index (χ4n) is 2.53. The van der Waals surface area contributed by atoms with Gasteiger partial charge in [-0.1, -0.05) is 18.2 Å². The Balaban J connectivity index is 1.73. The number of guanidine groups is 1. The molecule has 2 aliphatic rings. The summed E-state index contributed by atoms with van der Waals surface area (Å²) in [5, 5.41) is 4.04.